The van der Waals surface area contributed by atoms with Crippen LogP contribution in [0.2, 0.25) is 0 Å². The van der Waals surface area contributed by atoms with Crippen LogP contribution in [0.5, 0.6) is 0 Å². The van der Waals surface area contributed by atoms with Gasteiger partial charge < -0.3 is 15.4 Å². The quantitative estimate of drug-likeness (QED) is 0.243. The number of nitrogens with one attached hydrogen (secondary N) is 2. The summed E-state index contributed by atoms with van der Waals surface area (Å²) in [6.45, 7) is 17.7. The summed E-state index contributed by atoms with van der Waals surface area (Å²) in [7, 11) is 0. The first kappa shape index (κ1) is 23.9. The van der Waals surface area contributed by atoms with E-state index in [9.17, 15) is 0 Å². The lowest BCUT2D eigenvalue weighted by molar-refractivity contribution is 0.0774. The Hall–Kier alpha value is -0.0800. The first-order valence-corrected chi connectivity index (χ1v) is 9.34. The van der Waals surface area contributed by atoms with Gasteiger partial charge in [0.1, 0.15) is 0 Å². The number of rotatable bonds is 9. The van der Waals surface area contributed by atoms with Crippen molar-refractivity contribution in [1.82, 2.24) is 15.5 Å². The van der Waals surface area contributed by atoms with Gasteiger partial charge in [-0.2, -0.15) is 0 Å². The molecule has 0 radical (unpaired) electrons. The van der Waals surface area contributed by atoms with Crippen molar-refractivity contribution in [3.05, 3.63) is 0 Å². The van der Waals surface area contributed by atoms with E-state index in [0.717, 1.165) is 51.1 Å². The molecule has 1 atom stereocenters. The number of hydrogen-bond acceptors (Lipinski definition) is 3. The van der Waals surface area contributed by atoms with E-state index in [4.69, 9.17) is 9.73 Å². The molecular weight excluding hydrogens is 415 g/mol. The van der Waals surface area contributed by atoms with E-state index in [0.29, 0.717) is 0 Å². The Kier molecular flexibility index (Phi) is 13.1. The molecule has 1 aliphatic heterocycles. The van der Waals surface area contributed by atoms with Gasteiger partial charge in [0.15, 0.2) is 5.96 Å². The number of ether oxygens (including phenoxy) is 1. The fourth-order valence-electron chi connectivity index (χ4n) is 2.98. The Bertz CT molecular complexity index is 350. The van der Waals surface area contributed by atoms with E-state index >= 15 is 0 Å². The summed E-state index contributed by atoms with van der Waals surface area (Å²) in [6.07, 6.45) is 3.68. The van der Waals surface area contributed by atoms with E-state index in [-0.39, 0.29) is 29.5 Å². The fourth-order valence-corrected chi connectivity index (χ4v) is 2.98. The lowest BCUT2D eigenvalue weighted by Crippen LogP contribution is -2.51. The normalized spacial score (nSPS) is 19.7. The van der Waals surface area contributed by atoms with Crippen LogP contribution in [-0.2, 0) is 4.74 Å². The van der Waals surface area contributed by atoms with Crippen LogP contribution in [0, 0.1) is 5.92 Å². The van der Waals surface area contributed by atoms with E-state index < -0.39 is 0 Å². The molecule has 0 aromatic heterocycles. The maximum absolute atomic E-state index is 5.37. The van der Waals surface area contributed by atoms with Gasteiger partial charge >= 0.3 is 0 Å². The van der Waals surface area contributed by atoms with Crippen LogP contribution < -0.4 is 10.6 Å². The first-order chi connectivity index (χ1) is 11.0. The number of halogens is 1. The third-order valence-corrected chi connectivity index (χ3v) is 4.44. The Morgan fingerprint density at radius 1 is 1.29 bits per heavy atom. The Morgan fingerprint density at radius 3 is 2.67 bits per heavy atom. The summed E-state index contributed by atoms with van der Waals surface area (Å²) in [6, 6.07) is 0. The molecule has 2 N–H and O–H groups in total. The molecule has 0 amide bonds. The summed E-state index contributed by atoms with van der Waals surface area (Å²) in [4.78, 5) is 7.42. The minimum atomic E-state index is 0. The van der Waals surface area contributed by atoms with Crippen LogP contribution in [0.15, 0.2) is 4.99 Å². The molecule has 1 rings (SSSR count). The molecule has 1 heterocycles. The smallest absolute Gasteiger partial charge is 0.191 e. The zero-order valence-corrected chi connectivity index (χ0v) is 18.7. The molecule has 0 aromatic rings. The van der Waals surface area contributed by atoms with Crippen LogP contribution in [0.25, 0.3) is 0 Å². The highest BCUT2D eigenvalue weighted by Crippen LogP contribution is 2.23. The SMILES string of the molecule is CCNC(=NCC(C)(C)N1CCCC(C)C1)NCCCOCC.I. The summed E-state index contributed by atoms with van der Waals surface area (Å²) < 4.78 is 5.37. The van der Waals surface area contributed by atoms with Gasteiger partial charge in [0.2, 0.25) is 0 Å². The van der Waals surface area contributed by atoms with Gasteiger partial charge in [-0.25, -0.2) is 0 Å². The van der Waals surface area contributed by atoms with Gasteiger partial charge in [0.05, 0.1) is 6.54 Å². The molecule has 1 saturated heterocycles. The average Bonchev–Trinajstić information content (AvgIpc) is 2.52. The first-order valence-electron chi connectivity index (χ1n) is 9.34. The molecule has 24 heavy (non-hydrogen) atoms. The summed E-state index contributed by atoms with van der Waals surface area (Å²) >= 11 is 0. The monoisotopic (exact) mass is 454 g/mol. The summed E-state index contributed by atoms with van der Waals surface area (Å²) in [5.41, 5.74) is 0.113. The molecule has 1 unspecified atom stereocenters. The Morgan fingerprint density at radius 2 is 2.04 bits per heavy atom. The van der Waals surface area contributed by atoms with E-state index in [1.165, 1.54) is 25.9 Å². The van der Waals surface area contributed by atoms with Crippen molar-refractivity contribution in [3.8, 4) is 0 Å². The standard InChI is InChI=1S/C18H38N4O.HI/c1-6-19-17(20-11-9-13-23-7-2)21-15-18(4,5)22-12-8-10-16(3)14-22;/h16H,6-15H2,1-5H3,(H2,19,20,21);1H. The summed E-state index contributed by atoms with van der Waals surface area (Å²) in [5, 5.41) is 6.74. The average molecular weight is 454 g/mol. The maximum Gasteiger partial charge on any atom is 0.191 e. The molecule has 0 aromatic carbocycles. The highest BCUT2D eigenvalue weighted by molar-refractivity contribution is 14.0. The second-order valence-corrected chi connectivity index (χ2v) is 7.18. The molecular formula is C18H39IN4O. The summed E-state index contributed by atoms with van der Waals surface area (Å²) in [5.74, 6) is 1.72. The molecule has 0 saturated carbocycles. The van der Waals surface area contributed by atoms with Gasteiger partial charge in [-0.1, -0.05) is 6.92 Å². The van der Waals surface area contributed by atoms with Gasteiger partial charge in [0, 0.05) is 38.4 Å². The van der Waals surface area contributed by atoms with Crippen molar-refractivity contribution < 1.29 is 4.74 Å². The largest absolute Gasteiger partial charge is 0.382 e. The Balaban J connectivity index is 0.00000529. The predicted octanol–water partition coefficient (Wildman–Crippen LogP) is 3.10. The number of hydrogen-bond donors (Lipinski definition) is 2. The number of likely N-dealkylation sites (tertiary alicyclic amines) is 1. The van der Waals surface area contributed by atoms with Crippen molar-refractivity contribution in [3.63, 3.8) is 0 Å². The minimum absolute atomic E-state index is 0. The molecule has 1 aliphatic rings. The minimum Gasteiger partial charge on any atom is -0.382 e. The molecule has 144 valence electrons. The lowest BCUT2D eigenvalue weighted by atomic mass is 9.94. The molecule has 0 aliphatic carbocycles. The third-order valence-electron chi connectivity index (χ3n) is 4.44. The number of piperidine rings is 1. The predicted molar refractivity (Wildman–Crippen MR) is 115 cm³/mol. The maximum atomic E-state index is 5.37. The van der Waals surface area contributed by atoms with Crippen molar-refractivity contribution in [2.24, 2.45) is 10.9 Å². The van der Waals surface area contributed by atoms with Gasteiger partial charge in [0.25, 0.3) is 0 Å². The van der Waals surface area contributed by atoms with Gasteiger partial charge in [-0.15, -0.1) is 24.0 Å². The highest BCUT2D eigenvalue weighted by atomic mass is 127. The fraction of sp³-hybridized carbons (Fsp3) is 0.944. The van der Waals surface area contributed by atoms with Crippen molar-refractivity contribution in [2.75, 3.05) is 45.9 Å². The zero-order valence-electron chi connectivity index (χ0n) is 16.4. The second-order valence-electron chi connectivity index (χ2n) is 7.18. The molecule has 0 spiro atoms. The van der Waals surface area contributed by atoms with Gasteiger partial charge in [-0.05, 0) is 59.4 Å². The van der Waals surface area contributed by atoms with Crippen LogP contribution in [0.1, 0.15) is 53.9 Å². The van der Waals surface area contributed by atoms with Crippen LogP contribution in [-0.4, -0.2) is 62.3 Å². The van der Waals surface area contributed by atoms with Crippen LogP contribution >= 0.6 is 24.0 Å². The van der Waals surface area contributed by atoms with Crippen molar-refractivity contribution >= 4 is 29.9 Å². The van der Waals surface area contributed by atoms with Crippen LogP contribution in [0.4, 0.5) is 0 Å². The Labute approximate surface area is 166 Å². The third kappa shape index (κ3) is 9.42. The van der Waals surface area contributed by atoms with Crippen LogP contribution in [0.3, 0.4) is 0 Å². The number of aliphatic imine (C=N–C) groups is 1. The second kappa shape index (κ2) is 13.2. The van der Waals surface area contributed by atoms with Crippen molar-refractivity contribution in [2.45, 2.75) is 59.4 Å². The number of guanidine groups is 1. The molecule has 0 bridgehead atoms. The molecule has 5 nitrogen and oxygen atoms in total. The van der Waals surface area contributed by atoms with E-state index in [1.54, 1.807) is 0 Å². The zero-order chi connectivity index (χ0) is 17.1. The highest BCUT2D eigenvalue weighted by Gasteiger charge is 2.29. The van der Waals surface area contributed by atoms with E-state index in [1.807, 2.05) is 6.92 Å². The van der Waals surface area contributed by atoms with Gasteiger partial charge in [-0.3, -0.25) is 9.89 Å². The molecule has 6 heteroatoms. The topological polar surface area (TPSA) is 48.9 Å². The van der Waals surface area contributed by atoms with Crippen molar-refractivity contribution in [1.29, 1.82) is 0 Å². The lowest BCUT2D eigenvalue weighted by Gasteiger charge is -2.42. The van der Waals surface area contributed by atoms with E-state index in [2.05, 4.69) is 43.2 Å². The number of nitrogens with zero attached hydrogens (tertiary/aromatic N) is 2. The molecule has 1 fully saturated rings.